The Morgan fingerprint density at radius 2 is 1.64 bits per heavy atom. The second-order valence-corrected chi connectivity index (χ2v) is 8.78. The minimum Gasteiger partial charge on any atom is -0.378 e. The van der Waals surface area contributed by atoms with Crippen LogP contribution in [0.1, 0.15) is 31.8 Å². The molecule has 1 aromatic heterocycles. The SMILES string of the molecule is Cc1ccc(NC(=O)c2cc(N3CCOCC3)ccc2NC(=O)c2ccc(C(=N)N(C)C)cc2)nc1. The van der Waals surface area contributed by atoms with Crippen LogP contribution in [0.4, 0.5) is 17.2 Å². The molecule has 1 fully saturated rings. The number of carbonyl (C=O) groups is 2. The third-order valence-corrected chi connectivity index (χ3v) is 5.89. The first-order valence-electron chi connectivity index (χ1n) is 11.7. The lowest BCUT2D eigenvalue weighted by Gasteiger charge is -2.29. The minimum absolute atomic E-state index is 0.334. The van der Waals surface area contributed by atoms with Gasteiger partial charge in [0.1, 0.15) is 11.7 Å². The molecular formula is C27H30N6O3. The molecule has 1 aliphatic rings. The number of carbonyl (C=O) groups excluding carboxylic acids is 2. The van der Waals surface area contributed by atoms with Gasteiger partial charge in [-0.2, -0.15) is 0 Å². The van der Waals surface area contributed by atoms with Crippen LogP contribution in [0.25, 0.3) is 0 Å². The number of nitrogens with one attached hydrogen (secondary N) is 3. The molecule has 9 heteroatoms. The van der Waals surface area contributed by atoms with E-state index in [-0.39, 0.29) is 11.8 Å². The highest BCUT2D eigenvalue weighted by Crippen LogP contribution is 2.26. The lowest BCUT2D eigenvalue weighted by atomic mass is 10.1. The first kappa shape index (κ1) is 24.9. The number of rotatable bonds is 6. The van der Waals surface area contributed by atoms with Crippen LogP contribution in [-0.2, 0) is 4.74 Å². The molecule has 3 aromatic rings. The number of anilines is 3. The van der Waals surface area contributed by atoms with Gasteiger partial charge in [-0.15, -0.1) is 0 Å². The number of nitrogens with zero attached hydrogens (tertiary/aromatic N) is 3. The van der Waals surface area contributed by atoms with Crippen LogP contribution in [0.5, 0.6) is 0 Å². The maximum Gasteiger partial charge on any atom is 0.259 e. The van der Waals surface area contributed by atoms with E-state index >= 15 is 0 Å². The smallest absolute Gasteiger partial charge is 0.259 e. The molecule has 9 nitrogen and oxygen atoms in total. The average molecular weight is 487 g/mol. The van der Waals surface area contributed by atoms with E-state index in [1.165, 1.54) is 0 Å². The third kappa shape index (κ3) is 5.87. The summed E-state index contributed by atoms with van der Waals surface area (Å²) in [5.41, 5.74) is 3.73. The molecule has 1 saturated heterocycles. The Kier molecular flexibility index (Phi) is 7.60. The molecule has 0 saturated carbocycles. The molecule has 0 aliphatic carbocycles. The van der Waals surface area contributed by atoms with E-state index in [0.29, 0.717) is 47.2 Å². The third-order valence-electron chi connectivity index (χ3n) is 5.89. The van der Waals surface area contributed by atoms with Crippen LogP contribution < -0.4 is 15.5 Å². The summed E-state index contributed by atoms with van der Waals surface area (Å²) in [5.74, 6) is 0.0639. The zero-order chi connectivity index (χ0) is 25.7. The van der Waals surface area contributed by atoms with Crippen molar-refractivity contribution in [3.8, 4) is 0 Å². The number of hydrogen-bond acceptors (Lipinski definition) is 6. The van der Waals surface area contributed by atoms with Gasteiger partial charge in [0.05, 0.1) is 24.5 Å². The van der Waals surface area contributed by atoms with Crippen LogP contribution in [-0.4, -0.2) is 67.9 Å². The number of hydrogen-bond donors (Lipinski definition) is 3. The van der Waals surface area contributed by atoms with Crippen molar-refractivity contribution in [2.45, 2.75) is 6.92 Å². The fourth-order valence-electron chi connectivity index (χ4n) is 3.80. The number of benzene rings is 2. The Morgan fingerprint density at radius 3 is 2.28 bits per heavy atom. The number of ether oxygens (including phenoxy) is 1. The standard InChI is InChI=1S/C27H30N6O3/c1-18-4-11-24(29-17-18)31-27(35)22-16-21(33-12-14-36-15-13-33)9-10-23(22)30-26(34)20-7-5-19(6-8-20)25(28)32(2)3/h4-11,16-17,28H,12-15H2,1-3H3,(H,30,34)(H,29,31,35). The van der Waals surface area contributed by atoms with E-state index in [9.17, 15) is 9.59 Å². The summed E-state index contributed by atoms with van der Waals surface area (Å²) in [4.78, 5) is 34.4. The number of amides is 2. The highest BCUT2D eigenvalue weighted by molar-refractivity contribution is 6.13. The van der Waals surface area contributed by atoms with Gasteiger partial charge >= 0.3 is 0 Å². The molecule has 0 bridgehead atoms. The predicted octanol–water partition coefficient (Wildman–Crippen LogP) is 3.62. The summed E-state index contributed by atoms with van der Waals surface area (Å²) in [5, 5.41) is 13.8. The molecule has 36 heavy (non-hydrogen) atoms. The lowest BCUT2D eigenvalue weighted by Crippen LogP contribution is -2.36. The van der Waals surface area contributed by atoms with Gasteiger partial charge < -0.3 is 25.2 Å². The highest BCUT2D eigenvalue weighted by atomic mass is 16.5. The Balaban J connectivity index is 1.59. The molecule has 0 unspecified atom stereocenters. The van der Waals surface area contributed by atoms with Gasteiger partial charge in [0.25, 0.3) is 11.8 Å². The summed E-state index contributed by atoms with van der Waals surface area (Å²) in [6.45, 7) is 4.61. The second kappa shape index (κ2) is 11.0. The molecule has 1 aliphatic heterocycles. The van der Waals surface area contributed by atoms with Crippen molar-refractivity contribution in [3.05, 3.63) is 83.0 Å². The Hall–Kier alpha value is -4.24. The normalized spacial score (nSPS) is 13.1. The fraction of sp³-hybridized carbons (Fsp3) is 0.259. The van der Waals surface area contributed by atoms with E-state index < -0.39 is 0 Å². The van der Waals surface area contributed by atoms with Gasteiger partial charge in [-0.1, -0.05) is 18.2 Å². The maximum absolute atomic E-state index is 13.3. The predicted molar refractivity (Wildman–Crippen MR) is 141 cm³/mol. The highest BCUT2D eigenvalue weighted by Gasteiger charge is 2.19. The Bertz CT molecular complexity index is 1250. The zero-order valence-electron chi connectivity index (χ0n) is 20.7. The van der Waals surface area contributed by atoms with Gasteiger partial charge in [0.15, 0.2) is 0 Å². The van der Waals surface area contributed by atoms with E-state index in [1.807, 2.05) is 19.1 Å². The van der Waals surface area contributed by atoms with Crippen LogP contribution in [0.15, 0.2) is 60.8 Å². The summed E-state index contributed by atoms with van der Waals surface area (Å²) in [6, 6.07) is 15.8. The molecule has 0 radical (unpaired) electrons. The molecular weight excluding hydrogens is 456 g/mol. The fourth-order valence-corrected chi connectivity index (χ4v) is 3.80. The summed E-state index contributed by atoms with van der Waals surface area (Å²) >= 11 is 0. The average Bonchev–Trinajstić information content (AvgIpc) is 2.90. The van der Waals surface area contributed by atoms with Crippen molar-refractivity contribution in [3.63, 3.8) is 0 Å². The summed E-state index contributed by atoms with van der Waals surface area (Å²) in [7, 11) is 3.59. The number of amidine groups is 1. The number of aromatic nitrogens is 1. The van der Waals surface area contributed by atoms with Crippen molar-refractivity contribution < 1.29 is 14.3 Å². The number of pyridine rings is 1. The van der Waals surface area contributed by atoms with Gasteiger partial charge in [0, 0.05) is 50.2 Å². The largest absolute Gasteiger partial charge is 0.378 e. The molecule has 4 rings (SSSR count). The van der Waals surface area contributed by atoms with E-state index in [1.54, 1.807) is 67.7 Å². The molecule has 2 aromatic carbocycles. The molecule has 186 valence electrons. The van der Waals surface area contributed by atoms with E-state index in [2.05, 4.69) is 20.5 Å². The topological polar surface area (TPSA) is 111 Å². The van der Waals surface area contributed by atoms with E-state index in [4.69, 9.17) is 10.1 Å². The molecule has 2 heterocycles. The van der Waals surface area contributed by atoms with Gasteiger partial charge in [-0.05, 0) is 48.9 Å². The molecule has 0 atom stereocenters. The second-order valence-electron chi connectivity index (χ2n) is 8.78. The van der Waals surface area contributed by atoms with Gasteiger partial charge in [-0.3, -0.25) is 15.0 Å². The first-order chi connectivity index (χ1) is 17.3. The quantitative estimate of drug-likeness (QED) is 0.363. The van der Waals surface area contributed by atoms with Gasteiger partial charge in [-0.25, -0.2) is 4.98 Å². The van der Waals surface area contributed by atoms with Crippen molar-refractivity contribution >= 4 is 34.8 Å². The van der Waals surface area contributed by atoms with Crippen LogP contribution in [0.3, 0.4) is 0 Å². The van der Waals surface area contributed by atoms with Crippen molar-refractivity contribution in [1.29, 1.82) is 5.41 Å². The number of morpholine rings is 1. The van der Waals surface area contributed by atoms with E-state index in [0.717, 1.165) is 24.3 Å². The Morgan fingerprint density at radius 1 is 0.944 bits per heavy atom. The molecule has 0 spiro atoms. The molecule has 3 N–H and O–H groups in total. The van der Waals surface area contributed by atoms with Crippen LogP contribution in [0.2, 0.25) is 0 Å². The van der Waals surface area contributed by atoms with Crippen molar-refractivity contribution in [2.24, 2.45) is 0 Å². The monoisotopic (exact) mass is 486 g/mol. The van der Waals surface area contributed by atoms with Crippen LogP contribution in [0, 0.1) is 12.3 Å². The van der Waals surface area contributed by atoms with Crippen molar-refractivity contribution in [1.82, 2.24) is 9.88 Å². The summed E-state index contributed by atoms with van der Waals surface area (Å²) in [6.07, 6.45) is 1.68. The first-order valence-corrected chi connectivity index (χ1v) is 11.7. The lowest BCUT2D eigenvalue weighted by molar-refractivity contribution is 0.102. The summed E-state index contributed by atoms with van der Waals surface area (Å²) < 4.78 is 5.45. The minimum atomic E-state index is -0.369. The number of aryl methyl sites for hydroxylation is 1. The zero-order valence-corrected chi connectivity index (χ0v) is 20.7. The molecule has 2 amide bonds. The van der Waals surface area contributed by atoms with Gasteiger partial charge in [0.2, 0.25) is 0 Å². The van der Waals surface area contributed by atoms with Crippen molar-refractivity contribution in [2.75, 3.05) is 55.9 Å². The Labute approximate surface area is 210 Å². The van der Waals surface area contributed by atoms with Crippen LogP contribution >= 0.6 is 0 Å². The maximum atomic E-state index is 13.3.